The third-order valence-corrected chi connectivity index (χ3v) is 2.79. The molecule has 0 aromatic carbocycles. The number of amides is 2. The summed E-state index contributed by atoms with van der Waals surface area (Å²) >= 11 is 0. The van der Waals surface area contributed by atoms with Gasteiger partial charge in [-0.1, -0.05) is 13.3 Å². The van der Waals surface area contributed by atoms with Gasteiger partial charge < -0.3 is 15.1 Å². The van der Waals surface area contributed by atoms with Crippen LogP contribution in [0.15, 0.2) is 41.1 Å². The third kappa shape index (κ3) is 4.45. The second-order valence-corrected chi connectivity index (χ2v) is 4.52. The molecule has 0 aliphatic rings. The minimum atomic E-state index is -0.368. The molecule has 2 heterocycles. The Bertz CT molecular complexity index is 591. The summed E-state index contributed by atoms with van der Waals surface area (Å²) in [5.74, 6) is 0.204. The number of nitrogens with zero attached hydrogens (tertiary/aromatic N) is 1. The predicted molar refractivity (Wildman–Crippen MR) is 79.1 cm³/mol. The number of anilines is 2. The van der Waals surface area contributed by atoms with Crippen LogP contribution in [-0.4, -0.2) is 16.8 Å². The molecule has 6 nitrogen and oxygen atoms in total. The highest BCUT2D eigenvalue weighted by Crippen LogP contribution is 2.12. The van der Waals surface area contributed by atoms with Gasteiger partial charge in [0.2, 0.25) is 5.91 Å². The number of nitrogens with one attached hydrogen (secondary N) is 2. The predicted octanol–water partition coefficient (Wildman–Crippen LogP) is 3.06. The average molecular weight is 287 g/mol. The molecule has 0 bridgehead atoms. The van der Waals surface area contributed by atoms with Crippen molar-refractivity contribution in [3.05, 3.63) is 42.5 Å². The van der Waals surface area contributed by atoms with E-state index < -0.39 is 0 Å². The van der Waals surface area contributed by atoms with E-state index in [0.29, 0.717) is 17.9 Å². The second kappa shape index (κ2) is 7.23. The summed E-state index contributed by atoms with van der Waals surface area (Å²) in [6.45, 7) is 2.03. The Labute approximate surface area is 122 Å². The SMILES string of the molecule is CCCCC(=O)Nc1ccc(NC(=O)c2ccco2)nc1. The first-order chi connectivity index (χ1) is 10.2. The molecule has 0 saturated carbocycles. The number of furan rings is 1. The molecule has 0 atom stereocenters. The Kier molecular flexibility index (Phi) is 5.09. The van der Waals surface area contributed by atoms with Gasteiger partial charge in [0.15, 0.2) is 5.76 Å². The van der Waals surface area contributed by atoms with Gasteiger partial charge in [-0.2, -0.15) is 0 Å². The molecule has 110 valence electrons. The second-order valence-electron chi connectivity index (χ2n) is 4.52. The van der Waals surface area contributed by atoms with Gasteiger partial charge in [-0.15, -0.1) is 0 Å². The number of carbonyl (C=O) groups is 2. The Hall–Kier alpha value is -2.63. The van der Waals surface area contributed by atoms with Crippen LogP contribution in [0.4, 0.5) is 11.5 Å². The molecule has 0 fully saturated rings. The zero-order valence-electron chi connectivity index (χ0n) is 11.8. The van der Waals surface area contributed by atoms with Crippen molar-refractivity contribution in [2.24, 2.45) is 0 Å². The van der Waals surface area contributed by atoms with Gasteiger partial charge in [0.05, 0.1) is 18.1 Å². The van der Waals surface area contributed by atoms with Gasteiger partial charge in [0.1, 0.15) is 5.82 Å². The highest BCUT2D eigenvalue weighted by Gasteiger charge is 2.09. The topological polar surface area (TPSA) is 84.2 Å². The van der Waals surface area contributed by atoms with E-state index in [1.807, 2.05) is 6.92 Å². The van der Waals surface area contributed by atoms with Gasteiger partial charge in [-0.3, -0.25) is 9.59 Å². The molecule has 21 heavy (non-hydrogen) atoms. The fraction of sp³-hybridized carbons (Fsp3) is 0.267. The first kappa shape index (κ1) is 14.8. The monoisotopic (exact) mass is 287 g/mol. The molecule has 2 rings (SSSR count). The van der Waals surface area contributed by atoms with E-state index in [1.165, 1.54) is 12.5 Å². The summed E-state index contributed by atoms with van der Waals surface area (Å²) in [7, 11) is 0. The lowest BCUT2D eigenvalue weighted by Gasteiger charge is -2.06. The number of pyridine rings is 1. The Morgan fingerprint density at radius 2 is 2.10 bits per heavy atom. The van der Waals surface area contributed by atoms with E-state index in [4.69, 9.17) is 4.42 Å². The maximum Gasteiger partial charge on any atom is 0.292 e. The fourth-order valence-electron chi connectivity index (χ4n) is 1.69. The van der Waals surface area contributed by atoms with Crippen LogP contribution in [0.25, 0.3) is 0 Å². The Balaban J connectivity index is 1.90. The van der Waals surface area contributed by atoms with E-state index in [9.17, 15) is 9.59 Å². The van der Waals surface area contributed by atoms with E-state index >= 15 is 0 Å². The molecule has 2 aromatic rings. The molecular weight excluding hydrogens is 270 g/mol. The van der Waals surface area contributed by atoms with Crippen molar-refractivity contribution in [2.75, 3.05) is 10.6 Å². The van der Waals surface area contributed by atoms with Crippen LogP contribution >= 0.6 is 0 Å². The van der Waals surface area contributed by atoms with Crippen molar-refractivity contribution in [1.82, 2.24) is 4.98 Å². The van der Waals surface area contributed by atoms with Crippen molar-refractivity contribution < 1.29 is 14.0 Å². The van der Waals surface area contributed by atoms with E-state index in [0.717, 1.165) is 12.8 Å². The van der Waals surface area contributed by atoms with E-state index in [1.54, 1.807) is 24.3 Å². The van der Waals surface area contributed by atoms with Crippen LogP contribution in [0.3, 0.4) is 0 Å². The number of unbranched alkanes of at least 4 members (excludes halogenated alkanes) is 1. The van der Waals surface area contributed by atoms with Gasteiger partial charge in [-0.25, -0.2) is 4.98 Å². The number of hydrogen-bond donors (Lipinski definition) is 2. The Morgan fingerprint density at radius 1 is 1.24 bits per heavy atom. The van der Waals surface area contributed by atoms with Crippen molar-refractivity contribution in [3.8, 4) is 0 Å². The molecule has 2 amide bonds. The number of aromatic nitrogens is 1. The summed E-state index contributed by atoms with van der Waals surface area (Å²) in [5, 5.41) is 5.35. The van der Waals surface area contributed by atoms with Gasteiger partial charge in [-0.05, 0) is 30.7 Å². The van der Waals surface area contributed by atoms with Crippen LogP contribution in [0.2, 0.25) is 0 Å². The van der Waals surface area contributed by atoms with Crippen molar-refractivity contribution in [2.45, 2.75) is 26.2 Å². The van der Waals surface area contributed by atoms with Crippen LogP contribution in [0.5, 0.6) is 0 Å². The van der Waals surface area contributed by atoms with E-state index in [-0.39, 0.29) is 17.6 Å². The first-order valence-corrected chi connectivity index (χ1v) is 6.80. The summed E-state index contributed by atoms with van der Waals surface area (Å²) in [4.78, 5) is 27.4. The largest absolute Gasteiger partial charge is 0.459 e. The van der Waals surface area contributed by atoms with Crippen molar-refractivity contribution in [1.29, 1.82) is 0 Å². The van der Waals surface area contributed by atoms with Crippen molar-refractivity contribution >= 4 is 23.3 Å². The summed E-state index contributed by atoms with van der Waals surface area (Å²) in [6, 6.07) is 6.51. The summed E-state index contributed by atoms with van der Waals surface area (Å²) in [5.41, 5.74) is 0.604. The fourth-order valence-corrected chi connectivity index (χ4v) is 1.69. The number of carbonyl (C=O) groups excluding carboxylic acids is 2. The lowest BCUT2D eigenvalue weighted by molar-refractivity contribution is -0.116. The molecule has 0 saturated heterocycles. The Morgan fingerprint density at radius 3 is 2.71 bits per heavy atom. The van der Waals surface area contributed by atoms with Crippen LogP contribution in [0, 0.1) is 0 Å². The molecule has 2 N–H and O–H groups in total. The van der Waals surface area contributed by atoms with Gasteiger partial charge in [0.25, 0.3) is 5.91 Å². The zero-order valence-corrected chi connectivity index (χ0v) is 11.8. The molecule has 0 aliphatic heterocycles. The quantitative estimate of drug-likeness (QED) is 0.855. The molecule has 0 spiro atoms. The maximum atomic E-state index is 11.7. The minimum Gasteiger partial charge on any atom is -0.459 e. The molecule has 0 aliphatic carbocycles. The first-order valence-electron chi connectivity index (χ1n) is 6.80. The number of hydrogen-bond acceptors (Lipinski definition) is 4. The molecule has 2 aromatic heterocycles. The average Bonchev–Trinajstić information content (AvgIpc) is 3.01. The standard InChI is InChI=1S/C15H17N3O3/c1-2-3-6-14(19)17-11-7-8-13(16-10-11)18-15(20)12-5-4-9-21-12/h4-5,7-10H,2-3,6H2,1H3,(H,17,19)(H,16,18,20). The van der Waals surface area contributed by atoms with Crippen LogP contribution < -0.4 is 10.6 Å². The molecule has 0 radical (unpaired) electrons. The van der Waals surface area contributed by atoms with Gasteiger partial charge >= 0.3 is 0 Å². The number of rotatable bonds is 6. The summed E-state index contributed by atoms with van der Waals surface area (Å²) < 4.78 is 4.98. The lowest BCUT2D eigenvalue weighted by atomic mass is 10.2. The van der Waals surface area contributed by atoms with Crippen LogP contribution in [-0.2, 0) is 4.79 Å². The third-order valence-electron chi connectivity index (χ3n) is 2.79. The normalized spacial score (nSPS) is 10.1. The highest BCUT2D eigenvalue weighted by atomic mass is 16.3. The maximum absolute atomic E-state index is 11.7. The van der Waals surface area contributed by atoms with E-state index in [2.05, 4.69) is 15.6 Å². The summed E-state index contributed by atoms with van der Waals surface area (Å²) in [6.07, 6.45) is 5.26. The molecule has 6 heteroatoms. The van der Waals surface area contributed by atoms with Gasteiger partial charge in [0, 0.05) is 6.42 Å². The van der Waals surface area contributed by atoms with Crippen LogP contribution in [0.1, 0.15) is 36.7 Å². The minimum absolute atomic E-state index is 0.0361. The van der Waals surface area contributed by atoms with Crippen molar-refractivity contribution in [3.63, 3.8) is 0 Å². The smallest absolute Gasteiger partial charge is 0.292 e. The molecule has 0 unspecified atom stereocenters. The zero-order chi connectivity index (χ0) is 15.1. The molecular formula is C15H17N3O3. The lowest BCUT2D eigenvalue weighted by Crippen LogP contribution is -2.13. The highest BCUT2D eigenvalue weighted by molar-refractivity contribution is 6.01.